The maximum Gasteiger partial charge on any atom is 0.138 e. The third-order valence-corrected chi connectivity index (χ3v) is 4.66. The number of rotatable bonds is 5. The molecule has 0 aliphatic heterocycles. The first-order valence-corrected chi connectivity index (χ1v) is 8.81. The lowest BCUT2D eigenvalue weighted by Crippen LogP contribution is -2.17. The first-order chi connectivity index (χ1) is 13.2. The summed E-state index contributed by atoms with van der Waals surface area (Å²) >= 11 is 6.10. The predicted octanol–water partition coefficient (Wildman–Crippen LogP) is 4.23. The first kappa shape index (κ1) is 17.3. The average molecular weight is 380 g/mol. The summed E-state index contributed by atoms with van der Waals surface area (Å²) in [6.07, 6.45) is 5.23. The normalized spacial score (nSPS) is 12.1. The first-order valence-electron chi connectivity index (χ1n) is 8.43. The molecule has 2 heterocycles. The molecule has 1 atom stereocenters. The summed E-state index contributed by atoms with van der Waals surface area (Å²) in [4.78, 5) is 13.3. The zero-order valence-corrected chi connectivity index (χ0v) is 15.7. The molecule has 0 saturated carbocycles. The van der Waals surface area contributed by atoms with Crippen LogP contribution >= 0.6 is 11.6 Å². The number of hydrogen-bond donors (Lipinski definition) is 1. The summed E-state index contributed by atoms with van der Waals surface area (Å²) in [6, 6.07) is 13.3. The van der Waals surface area contributed by atoms with Gasteiger partial charge in [-0.05, 0) is 35.9 Å². The molecule has 0 aliphatic carbocycles. The summed E-state index contributed by atoms with van der Waals surface area (Å²) in [5.41, 5.74) is 1.80. The topological polar surface area (TPSA) is 64.9 Å². The van der Waals surface area contributed by atoms with E-state index < -0.39 is 0 Å². The SMILES string of the molecule is COc1cccc(C(Nc2ncnc3cc(Cl)ccc23)c2nccn2C)c1. The van der Waals surface area contributed by atoms with E-state index in [9.17, 15) is 0 Å². The smallest absolute Gasteiger partial charge is 0.138 e. The molecular formula is C20H18ClN5O. The molecule has 4 aromatic rings. The number of fused-ring (bicyclic) bond motifs is 1. The van der Waals surface area contributed by atoms with E-state index >= 15 is 0 Å². The summed E-state index contributed by atoms with van der Waals surface area (Å²) < 4.78 is 7.37. The number of benzene rings is 2. The fourth-order valence-corrected chi connectivity index (χ4v) is 3.22. The van der Waals surface area contributed by atoms with Crippen LogP contribution in [0, 0.1) is 0 Å². The number of nitrogens with one attached hydrogen (secondary N) is 1. The van der Waals surface area contributed by atoms with Crippen LogP contribution < -0.4 is 10.1 Å². The van der Waals surface area contributed by atoms with Gasteiger partial charge >= 0.3 is 0 Å². The fourth-order valence-electron chi connectivity index (χ4n) is 3.06. The Labute approximate surface area is 161 Å². The monoisotopic (exact) mass is 379 g/mol. The van der Waals surface area contributed by atoms with E-state index in [4.69, 9.17) is 16.3 Å². The number of nitrogens with zero attached hydrogens (tertiary/aromatic N) is 4. The van der Waals surface area contributed by atoms with Gasteiger partial charge in [-0.2, -0.15) is 0 Å². The Morgan fingerprint density at radius 3 is 2.78 bits per heavy atom. The fraction of sp³-hybridized carbons (Fsp3) is 0.150. The minimum atomic E-state index is -0.214. The maximum absolute atomic E-state index is 6.10. The van der Waals surface area contributed by atoms with Gasteiger partial charge in [0, 0.05) is 29.9 Å². The molecule has 0 radical (unpaired) electrons. The Kier molecular flexibility index (Phi) is 4.64. The second-order valence-electron chi connectivity index (χ2n) is 6.13. The molecule has 4 rings (SSSR count). The van der Waals surface area contributed by atoms with Gasteiger partial charge in [0.25, 0.3) is 0 Å². The van der Waals surface area contributed by atoms with Crippen molar-refractivity contribution in [3.8, 4) is 5.75 Å². The van der Waals surface area contributed by atoms with Crippen molar-refractivity contribution < 1.29 is 4.74 Å². The van der Waals surface area contributed by atoms with Crippen LogP contribution in [0.5, 0.6) is 5.75 Å². The van der Waals surface area contributed by atoms with Gasteiger partial charge in [-0.15, -0.1) is 0 Å². The highest BCUT2D eigenvalue weighted by atomic mass is 35.5. The largest absolute Gasteiger partial charge is 0.497 e. The molecule has 1 N–H and O–H groups in total. The molecule has 136 valence electrons. The highest BCUT2D eigenvalue weighted by molar-refractivity contribution is 6.31. The van der Waals surface area contributed by atoms with Crippen LogP contribution in [-0.4, -0.2) is 26.6 Å². The van der Waals surface area contributed by atoms with Crippen molar-refractivity contribution in [3.05, 3.63) is 77.6 Å². The minimum Gasteiger partial charge on any atom is -0.497 e. The zero-order valence-electron chi connectivity index (χ0n) is 14.9. The highest BCUT2D eigenvalue weighted by Crippen LogP contribution is 2.30. The molecule has 7 heteroatoms. The molecule has 0 bridgehead atoms. The van der Waals surface area contributed by atoms with E-state index in [-0.39, 0.29) is 6.04 Å². The number of methoxy groups -OCH3 is 1. The second-order valence-corrected chi connectivity index (χ2v) is 6.57. The van der Waals surface area contributed by atoms with Crippen LogP contribution in [0.15, 0.2) is 61.2 Å². The predicted molar refractivity (Wildman–Crippen MR) is 106 cm³/mol. The molecule has 2 aromatic heterocycles. The van der Waals surface area contributed by atoms with Gasteiger partial charge in [-0.1, -0.05) is 23.7 Å². The van der Waals surface area contributed by atoms with E-state index in [0.717, 1.165) is 28.0 Å². The number of aromatic nitrogens is 4. The number of ether oxygens (including phenoxy) is 1. The van der Waals surface area contributed by atoms with Gasteiger partial charge in [-0.3, -0.25) is 0 Å². The molecule has 0 amide bonds. The number of halogens is 1. The number of aryl methyl sites for hydroxylation is 1. The lowest BCUT2D eigenvalue weighted by molar-refractivity contribution is 0.414. The second kappa shape index (κ2) is 7.25. The molecule has 0 aliphatic rings. The van der Waals surface area contributed by atoms with Crippen molar-refractivity contribution in [1.29, 1.82) is 0 Å². The van der Waals surface area contributed by atoms with Crippen LogP contribution in [0.4, 0.5) is 5.82 Å². The summed E-state index contributed by atoms with van der Waals surface area (Å²) in [6.45, 7) is 0. The zero-order chi connectivity index (χ0) is 18.8. The highest BCUT2D eigenvalue weighted by Gasteiger charge is 2.20. The average Bonchev–Trinajstić information content (AvgIpc) is 3.11. The van der Waals surface area contributed by atoms with Crippen LogP contribution in [0.2, 0.25) is 5.02 Å². The van der Waals surface area contributed by atoms with E-state index in [1.807, 2.05) is 60.3 Å². The van der Waals surface area contributed by atoms with Gasteiger partial charge in [0.2, 0.25) is 0 Å². The third-order valence-electron chi connectivity index (χ3n) is 4.42. The van der Waals surface area contributed by atoms with Crippen LogP contribution in [-0.2, 0) is 7.05 Å². The number of hydrogen-bond acceptors (Lipinski definition) is 5. The molecular weight excluding hydrogens is 362 g/mol. The molecule has 27 heavy (non-hydrogen) atoms. The Balaban J connectivity index is 1.82. The minimum absolute atomic E-state index is 0.214. The molecule has 6 nitrogen and oxygen atoms in total. The van der Waals surface area contributed by atoms with Gasteiger partial charge < -0.3 is 14.6 Å². The molecule has 0 spiro atoms. The molecule has 1 unspecified atom stereocenters. The van der Waals surface area contributed by atoms with Gasteiger partial charge in [0.1, 0.15) is 29.8 Å². The van der Waals surface area contributed by atoms with Crippen molar-refractivity contribution >= 4 is 28.3 Å². The van der Waals surface area contributed by atoms with E-state index in [1.54, 1.807) is 13.3 Å². The van der Waals surface area contributed by atoms with E-state index in [0.29, 0.717) is 10.8 Å². The molecule has 2 aromatic carbocycles. The Morgan fingerprint density at radius 1 is 1.11 bits per heavy atom. The maximum atomic E-state index is 6.10. The lowest BCUT2D eigenvalue weighted by atomic mass is 10.1. The number of anilines is 1. The Bertz CT molecular complexity index is 1090. The van der Waals surface area contributed by atoms with Crippen LogP contribution in [0.25, 0.3) is 10.9 Å². The van der Waals surface area contributed by atoms with Crippen molar-refractivity contribution in [2.24, 2.45) is 7.05 Å². The van der Waals surface area contributed by atoms with Crippen molar-refractivity contribution in [1.82, 2.24) is 19.5 Å². The van der Waals surface area contributed by atoms with Gasteiger partial charge in [0.05, 0.1) is 12.6 Å². The van der Waals surface area contributed by atoms with Crippen molar-refractivity contribution in [3.63, 3.8) is 0 Å². The number of imidazole rings is 1. The van der Waals surface area contributed by atoms with Gasteiger partial charge in [0.15, 0.2) is 0 Å². The Hall–Kier alpha value is -3.12. The van der Waals surface area contributed by atoms with E-state index in [1.165, 1.54) is 6.33 Å². The standard InChI is InChI=1S/C20H18ClN5O/c1-26-9-8-22-20(26)18(13-4-3-5-15(10-13)27-2)25-19-16-7-6-14(21)11-17(16)23-12-24-19/h3-12,18H,1-2H3,(H,23,24,25). The Morgan fingerprint density at radius 2 is 2.00 bits per heavy atom. The third kappa shape index (κ3) is 3.44. The molecule has 0 fully saturated rings. The quantitative estimate of drug-likeness (QED) is 0.562. The lowest BCUT2D eigenvalue weighted by Gasteiger charge is -2.21. The van der Waals surface area contributed by atoms with Crippen molar-refractivity contribution in [2.75, 3.05) is 12.4 Å². The summed E-state index contributed by atoms with van der Waals surface area (Å²) in [5.74, 6) is 2.37. The van der Waals surface area contributed by atoms with Crippen LogP contribution in [0.3, 0.4) is 0 Å². The van der Waals surface area contributed by atoms with Gasteiger partial charge in [-0.25, -0.2) is 15.0 Å². The van der Waals surface area contributed by atoms with Crippen molar-refractivity contribution in [2.45, 2.75) is 6.04 Å². The molecule has 0 saturated heterocycles. The van der Waals surface area contributed by atoms with Crippen LogP contribution in [0.1, 0.15) is 17.4 Å². The summed E-state index contributed by atoms with van der Waals surface area (Å²) in [7, 11) is 3.62. The van der Waals surface area contributed by atoms with E-state index in [2.05, 4.69) is 20.3 Å². The summed E-state index contributed by atoms with van der Waals surface area (Å²) in [5, 5.41) is 5.05.